The van der Waals surface area contributed by atoms with Gasteiger partial charge in [0.05, 0.1) is 0 Å². The average Bonchev–Trinajstić information content (AvgIpc) is 2.27. The summed E-state index contributed by atoms with van der Waals surface area (Å²) in [6.45, 7) is 2.38. The van der Waals surface area contributed by atoms with Crippen molar-refractivity contribution in [2.45, 2.75) is 12.3 Å². The third-order valence-electron chi connectivity index (χ3n) is 2.00. The summed E-state index contributed by atoms with van der Waals surface area (Å²) in [7, 11) is 0.308. The summed E-state index contributed by atoms with van der Waals surface area (Å²) in [6, 6.07) is 8.82. The van der Waals surface area contributed by atoms with Gasteiger partial charge in [0.1, 0.15) is 0 Å². The summed E-state index contributed by atoms with van der Waals surface area (Å²) in [5, 5.41) is 0. The van der Waals surface area contributed by atoms with Gasteiger partial charge in [-0.25, -0.2) is 0 Å². The van der Waals surface area contributed by atoms with Crippen LogP contribution in [0.4, 0.5) is 0 Å². The highest BCUT2D eigenvalue weighted by molar-refractivity contribution is 7.55. The molecule has 0 unspecified atom stereocenters. The van der Waals surface area contributed by atoms with Gasteiger partial charge in [0.15, 0.2) is 0 Å². The first-order chi connectivity index (χ1) is 4.86. The zero-order valence-corrected chi connectivity index (χ0v) is 7.07. The van der Waals surface area contributed by atoms with Gasteiger partial charge in [-0.15, -0.1) is 7.92 Å². The fraction of sp³-hybridized carbons (Fsp3) is 0.333. The van der Waals surface area contributed by atoms with E-state index < -0.39 is 0 Å². The van der Waals surface area contributed by atoms with Crippen LogP contribution < -0.4 is 0 Å². The van der Waals surface area contributed by atoms with Crippen molar-refractivity contribution in [3.05, 3.63) is 35.4 Å². The van der Waals surface area contributed by atoms with Gasteiger partial charge in [-0.3, -0.25) is 0 Å². The Morgan fingerprint density at radius 2 is 1.60 bits per heavy atom. The highest BCUT2D eigenvalue weighted by atomic mass is 31.1. The van der Waals surface area contributed by atoms with E-state index in [0.717, 1.165) is 0 Å². The lowest BCUT2D eigenvalue weighted by atomic mass is 10.1. The van der Waals surface area contributed by atoms with Crippen LogP contribution in [0.1, 0.15) is 11.1 Å². The average molecular weight is 150 g/mol. The molecule has 0 aliphatic carbocycles. The third-order valence-corrected chi connectivity index (χ3v) is 3.76. The lowest BCUT2D eigenvalue weighted by Gasteiger charge is -1.95. The van der Waals surface area contributed by atoms with Gasteiger partial charge in [-0.1, -0.05) is 24.3 Å². The van der Waals surface area contributed by atoms with Gasteiger partial charge >= 0.3 is 0 Å². The fourth-order valence-corrected chi connectivity index (χ4v) is 3.40. The molecule has 1 aliphatic heterocycles. The molecule has 0 N–H and O–H groups in total. The number of benzene rings is 1. The Morgan fingerprint density at radius 3 is 2.10 bits per heavy atom. The van der Waals surface area contributed by atoms with Crippen LogP contribution in [-0.2, 0) is 12.3 Å². The molecule has 0 radical (unpaired) electrons. The summed E-state index contributed by atoms with van der Waals surface area (Å²) in [4.78, 5) is 0. The molecule has 10 heavy (non-hydrogen) atoms. The lowest BCUT2D eigenvalue weighted by molar-refractivity contribution is 1.35. The van der Waals surface area contributed by atoms with Gasteiger partial charge in [-0.05, 0) is 30.1 Å². The van der Waals surface area contributed by atoms with E-state index in [4.69, 9.17) is 0 Å². The molecule has 0 amide bonds. The van der Waals surface area contributed by atoms with Crippen LogP contribution >= 0.6 is 7.92 Å². The maximum Gasteiger partial charge on any atom is -0.00697 e. The van der Waals surface area contributed by atoms with Crippen LogP contribution in [0.25, 0.3) is 0 Å². The number of hydrogen-bond acceptors (Lipinski definition) is 0. The molecule has 1 heteroatoms. The van der Waals surface area contributed by atoms with E-state index in [1.807, 2.05) is 0 Å². The second-order valence-electron chi connectivity index (χ2n) is 2.94. The summed E-state index contributed by atoms with van der Waals surface area (Å²) < 4.78 is 0. The van der Waals surface area contributed by atoms with Gasteiger partial charge < -0.3 is 0 Å². The Hall–Kier alpha value is -0.350. The van der Waals surface area contributed by atoms with Crippen LogP contribution in [0.5, 0.6) is 0 Å². The van der Waals surface area contributed by atoms with E-state index in [2.05, 4.69) is 30.9 Å². The zero-order chi connectivity index (χ0) is 6.97. The minimum Gasteiger partial charge on any atom is -0.101 e. The van der Waals surface area contributed by atoms with E-state index >= 15 is 0 Å². The van der Waals surface area contributed by atoms with E-state index in [1.165, 1.54) is 12.3 Å². The molecule has 1 heterocycles. The summed E-state index contributed by atoms with van der Waals surface area (Å²) in [6.07, 6.45) is 2.71. The normalized spacial score (nSPS) is 17.3. The van der Waals surface area contributed by atoms with Crippen LogP contribution in [0.3, 0.4) is 0 Å². The Balaban J connectivity index is 2.42. The van der Waals surface area contributed by atoms with Gasteiger partial charge in [0.25, 0.3) is 0 Å². The Morgan fingerprint density at radius 1 is 1.10 bits per heavy atom. The fourth-order valence-electron chi connectivity index (χ4n) is 1.50. The molecule has 0 saturated carbocycles. The van der Waals surface area contributed by atoms with E-state index in [1.54, 1.807) is 11.1 Å². The minimum atomic E-state index is 0.308. The van der Waals surface area contributed by atoms with Gasteiger partial charge in [0.2, 0.25) is 0 Å². The topological polar surface area (TPSA) is 0 Å². The van der Waals surface area contributed by atoms with Crippen LogP contribution in [0, 0.1) is 0 Å². The van der Waals surface area contributed by atoms with Crippen molar-refractivity contribution in [1.29, 1.82) is 0 Å². The molecule has 0 bridgehead atoms. The van der Waals surface area contributed by atoms with Gasteiger partial charge in [0, 0.05) is 0 Å². The Labute approximate surface area is 63.0 Å². The van der Waals surface area contributed by atoms with Crippen LogP contribution in [0.15, 0.2) is 24.3 Å². The highest BCUT2D eigenvalue weighted by Crippen LogP contribution is 2.46. The second kappa shape index (κ2) is 2.36. The smallest absolute Gasteiger partial charge is 0.00697 e. The predicted molar refractivity (Wildman–Crippen MR) is 46.7 cm³/mol. The van der Waals surface area contributed by atoms with E-state index in [0.29, 0.717) is 7.92 Å². The Kier molecular flexibility index (Phi) is 1.50. The van der Waals surface area contributed by atoms with Gasteiger partial charge in [-0.2, -0.15) is 0 Å². The molecule has 52 valence electrons. The molecular formula is C9H11P. The number of rotatable bonds is 0. The molecule has 0 saturated heterocycles. The van der Waals surface area contributed by atoms with Crippen LogP contribution in [-0.4, -0.2) is 6.66 Å². The van der Waals surface area contributed by atoms with Crippen molar-refractivity contribution in [3.8, 4) is 0 Å². The summed E-state index contributed by atoms with van der Waals surface area (Å²) in [5.41, 5.74) is 3.19. The number of hydrogen-bond donors (Lipinski definition) is 0. The molecule has 0 spiro atoms. The van der Waals surface area contributed by atoms with Crippen molar-refractivity contribution >= 4 is 7.92 Å². The van der Waals surface area contributed by atoms with Crippen molar-refractivity contribution in [3.63, 3.8) is 0 Å². The first kappa shape index (κ1) is 6.37. The van der Waals surface area contributed by atoms with Crippen molar-refractivity contribution < 1.29 is 0 Å². The van der Waals surface area contributed by atoms with Crippen LogP contribution in [0.2, 0.25) is 0 Å². The van der Waals surface area contributed by atoms with E-state index in [-0.39, 0.29) is 0 Å². The second-order valence-corrected chi connectivity index (χ2v) is 5.29. The molecule has 2 rings (SSSR count). The molecule has 1 aromatic carbocycles. The maximum absolute atomic E-state index is 2.38. The highest BCUT2D eigenvalue weighted by Gasteiger charge is 2.15. The summed E-state index contributed by atoms with van der Waals surface area (Å²) >= 11 is 0. The van der Waals surface area contributed by atoms with Crippen molar-refractivity contribution in [2.75, 3.05) is 6.66 Å². The van der Waals surface area contributed by atoms with E-state index in [9.17, 15) is 0 Å². The monoisotopic (exact) mass is 150 g/mol. The minimum absolute atomic E-state index is 0.308. The maximum atomic E-state index is 2.38. The van der Waals surface area contributed by atoms with Crippen molar-refractivity contribution in [1.82, 2.24) is 0 Å². The molecule has 0 aromatic heterocycles. The quantitative estimate of drug-likeness (QED) is 0.499. The standard InChI is InChI=1S/C9H11P/c1-10-6-8-4-2-3-5-9(8)7-10/h2-5H,6-7H2,1H3. The first-order valence-electron chi connectivity index (χ1n) is 3.61. The lowest BCUT2D eigenvalue weighted by Crippen LogP contribution is -1.77. The first-order valence-corrected chi connectivity index (χ1v) is 5.77. The number of fused-ring (bicyclic) bond motifs is 1. The molecule has 0 nitrogen and oxygen atoms in total. The molecular weight excluding hydrogens is 139 g/mol. The molecule has 1 aliphatic rings. The Bertz CT molecular complexity index is 217. The largest absolute Gasteiger partial charge is 0.101 e. The molecule has 1 aromatic rings. The zero-order valence-electron chi connectivity index (χ0n) is 6.17. The van der Waals surface area contributed by atoms with Crippen molar-refractivity contribution in [2.24, 2.45) is 0 Å². The SMILES string of the molecule is CP1Cc2ccccc2C1. The molecule has 0 fully saturated rings. The third kappa shape index (κ3) is 0.973. The predicted octanol–water partition coefficient (Wildman–Crippen LogP) is 2.81. The summed E-state index contributed by atoms with van der Waals surface area (Å²) in [5.74, 6) is 0. The molecule has 0 atom stereocenters.